The molecule has 0 saturated heterocycles. The van der Waals surface area contributed by atoms with Crippen LogP contribution in [0, 0.1) is 11.3 Å². The van der Waals surface area contributed by atoms with Crippen LogP contribution in [0.5, 0.6) is 0 Å². The van der Waals surface area contributed by atoms with Crippen LogP contribution in [0.4, 0.5) is 0 Å². The Morgan fingerprint density at radius 3 is 2.93 bits per heavy atom. The lowest BCUT2D eigenvalue weighted by Crippen LogP contribution is -1.80. The Morgan fingerprint density at radius 2 is 2.29 bits per heavy atom. The van der Waals surface area contributed by atoms with E-state index in [0.29, 0.717) is 0 Å². The number of hydrogen-bond acceptors (Lipinski definition) is 2. The van der Waals surface area contributed by atoms with Crippen molar-refractivity contribution in [3.63, 3.8) is 0 Å². The maximum atomic E-state index is 8.96. The lowest BCUT2D eigenvalue weighted by atomic mass is 10.1. The van der Waals surface area contributed by atoms with Crippen LogP contribution in [-0.2, 0) is 6.42 Å². The fraction of sp³-hybridized carbons (Fsp3) is 0.182. The number of benzene rings is 1. The molecule has 2 aromatic rings. The first-order chi connectivity index (χ1) is 6.77. The number of aryl methyl sites for hydroxylation is 1. The second-order valence-electron chi connectivity index (χ2n) is 2.99. The second kappa shape index (κ2) is 3.61. The Balaban J connectivity index is 2.90. The molecule has 0 spiro atoms. The zero-order valence-corrected chi connectivity index (χ0v) is 9.25. The highest BCUT2D eigenvalue weighted by atomic mass is 35.5. The molecule has 0 unspecified atom stereocenters. The summed E-state index contributed by atoms with van der Waals surface area (Å²) in [5.41, 5.74) is 1.08. The van der Waals surface area contributed by atoms with Crippen LogP contribution >= 0.6 is 22.9 Å². The van der Waals surface area contributed by atoms with Gasteiger partial charge in [-0.2, -0.15) is 5.26 Å². The lowest BCUT2D eigenvalue weighted by molar-refractivity contribution is 1.16. The van der Waals surface area contributed by atoms with Crippen LogP contribution < -0.4 is 0 Å². The van der Waals surface area contributed by atoms with Crippen molar-refractivity contribution in [3.8, 4) is 6.07 Å². The summed E-state index contributed by atoms with van der Waals surface area (Å²) in [6, 6.07) is 8.02. The normalized spacial score (nSPS) is 10.4. The van der Waals surface area contributed by atoms with Gasteiger partial charge in [0.05, 0.1) is 0 Å². The van der Waals surface area contributed by atoms with Gasteiger partial charge in [-0.15, -0.1) is 11.3 Å². The fourth-order valence-electron chi connectivity index (χ4n) is 1.59. The third kappa shape index (κ3) is 1.30. The van der Waals surface area contributed by atoms with E-state index in [1.165, 1.54) is 11.3 Å². The molecule has 0 aliphatic heterocycles. The van der Waals surface area contributed by atoms with Crippen LogP contribution in [0.15, 0.2) is 18.2 Å². The average Bonchev–Trinajstić information content (AvgIpc) is 2.56. The minimum absolute atomic E-state index is 0.747. The lowest BCUT2D eigenvalue weighted by Gasteiger charge is -1.96. The Morgan fingerprint density at radius 1 is 1.50 bits per heavy atom. The van der Waals surface area contributed by atoms with E-state index in [1.54, 1.807) is 0 Å². The standard InChI is InChI=1S/C11H8ClNS/c1-2-7-10(6-13)14-9-5-3-4-8(12)11(7)9/h3-5H,2H2,1H3. The van der Waals surface area contributed by atoms with Gasteiger partial charge < -0.3 is 0 Å². The molecule has 2 rings (SSSR count). The van der Waals surface area contributed by atoms with Crippen molar-refractivity contribution in [2.45, 2.75) is 13.3 Å². The number of nitrogens with zero attached hydrogens (tertiary/aromatic N) is 1. The van der Waals surface area contributed by atoms with Crippen LogP contribution in [0.1, 0.15) is 17.4 Å². The van der Waals surface area contributed by atoms with Gasteiger partial charge in [-0.3, -0.25) is 0 Å². The monoisotopic (exact) mass is 221 g/mol. The van der Waals surface area contributed by atoms with Crippen molar-refractivity contribution >= 4 is 33.0 Å². The molecular formula is C11H8ClNS. The molecule has 0 aliphatic rings. The summed E-state index contributed by atoms with van der Waals surface area (Å²) in [7, 11) is 0. The topological polar surface area (TPSA) is 23.8 Å². The number of thiophene rings is 1. The Kier molecular flexibility index (Phi) is 2.45. The molecule has 0 saturated carbocycles. The van der Waals surface area contributed by atoms with Crippen molar-refractivity contribution < 1.29 is 0 Å². The van der Waals surface area contributed by atoms with Gasteiger partial charge in [-0.25, -0.2) is 0 Å². The molecule has 0 radical (unpaired) electrons. The first-order valence-corrected chi connectivity index (χ1v) is 5.57. The van der Waals surface area contributed by atoms with Gasteiger partial charge in [-0.05, 0) is 24.1 Å². The van der Waals surface area contributed by atoms with E-state index in [4.69, 9.17) is 16.9 Å². The molecule has 0 amide bonds. The highest BCUT2D eigenvalue weighted by molar-refractivity contribution is 7.19. The number of halogens is 1. The average molecular weight is 222 g/mol. The molecule has 70 valence electrons. The molecular weight excluding hydrogens is 214 g/mol. The Bertz CT molecular complexity index is 522. The van der Waals surface area contributed by atoms with E-state index in [2.05, 4.69) is 6.07 Å². The van der Waals surface area contributed by atoms with E-state index in [0.717, 1.165) is 32.0 Å². The molecule has 0 fully saturated rings. The largest absolute Gasteiger partial charge is 0.192 e. The van der Waals surface area contributed by atoms with Gasteiger partial charge in [0.2, 0.25) is 0 Å². The Labute approximate surface area is 91.5 Å². The fourth-order valence-corrected chi connectivity index (χ4v) is 3.06. The molecule has 0 aliphatic carbocycles. The third-order valence-corrected chi connectivity index (χ3v) is 3.64. The van der Waals surface area contributed by atoms with E-state index in [1.807, 2.05) is 25.1 Å². The zero-order chi connectivity index (χ0) is 10.1. The van der Waals surface area contributed by atoms with Crippen molar-refractivity contribution in [2.24, 2.45) is 0 Å². The quantitative estimate of drug-likeness (QED) is 0.715. The van der Waals surface area contributed by atoms with E-state index in [-0.39, 0.29) is 0 Å². The maximum absolute atomic E-state index is 8.96. The van der Waals surface area contributed by atoms with Gasteiger partial charge in [0.15, 0.2) is 0 Å². The molecule has 1 heterocycles. The minimum atomic E-state index is 0.747. The number of hydrogen-bond donors (Lipinski definition) is 0. The van der Waals surface area contributed by atoms with Gasteiger partial charge in [-0.1, -0.05) is 24.6 Å². The van der Waals surface area contributed by atoms with Crippen LogP contribution in [-0.4, -0.2) is 0 Å². The number of nitriles is 1. The summed E-state index contributed by atoms with van der Waals surface area (Å²) in [4.78, 5) is 0.788. The van der Waals surface area contributed by atoms with E-state index >= 15 is 0 Å². The number of rotatable bonds is 1. The van der Waals surface area contributed by atoms with Crippen LogP contribution in [0.3, 0.4) is 0 Å². The zero-order valence-electron chi connectivity index (χ0n) is 7.67. The molecule has 14 heavy (non-hydrogen) atoms. The highest BCUT2D eigenvalue weighted by Gasteiger charge is 2.12. The first-order valence-electron chi connectivity index (χ1n) is 4.38. The minimum Gasteiger partial charge on any atom is -0.192 e. The van der Waals surface area contributed by atoms with E-state index in [9.17, 15) is 0 Å². The molecule has 0 bridgehead atoms. The third-order valence-electron chi connectivity index (χ3n) is 2.22. The molecule has 0 atom stereocenters. The summed E-state index contributed by atoms with van der Waals surface area (Å²) in [5.74, 6) is 0. The molecule has 3 heteroatoms. The van der Waals surface area contributed by atoms with Crippen LogP contribution in [0.2, 0.25) is 5.02 Å². The molecule has 1 nitrogen and oxygen atoms in total. The van der Waals surface area contributed by atoms with Gasteiger partial charge in [0.1, 0.15) is 10.9 Å². The van der Waals surface area contributed by atoms with E-state index < -0.39 is 0 Å². The Hall–Kier alpha value is -1.04. The van der Waals surface area contributed by atoms with Gasteiger partial charge in [0, 0.05) is 15.1 Å². The predicted octanol–water partition coefficient (Wildman–Crippen LogP) is 3.99. The molecule has 1 aromatic carbocycles. The SMILES string of the molecule is CCc1c(C#N)sc2cccc(Cl)c12. The summed E-state index contributed by atoms with van der Waals surface area (Å²) in [6.45, 7) is 2.05. The van der Waals surface area contributed by atoms with Crippen molar-refractivity contribution in [1.29, 1.82) is 5.26 Å². The van der Waals surface area contributed by atoms with Crippen molar-refractivity contribution in [2.75, 3.05) is 0 Å². The van der Waals surface area contributed by atoms with Crippen molar-refractivity contribution in [3.05, 3.63) is 33.7 Å². The summed E-state index contributed by atoms with van der Waals surface area (Å²) in [6.07, 6.45) is 0.854. The first kappa shape index (κ1) is 9.51. The highest BCUT2D eigenvalue weighted by Crippen LogP contribution is 2.35. The van der Waals surface area contributed by atoms with Gasteiger partial charge >= 0.3 is 0 Å². The predicted molar refractivity (Wildman–Crippen MR) is 60.9 cm³/mol. The second-order valence-corrected chi connectivity index (χ2v) is 4.45. The van der Waals surface area contributed by atoms with Gasteiger partial charge in [0.25, 0.3) is 0 Å². The summed E-state index contributed by atoms with van der Waals surface area (Å²) >= 11 is 7.63. The molecule has 1 aromatic heterocycles. The molecule has 0 N–H and O–H groups in total. The summed E-state index contributed by atoms with van der Waals surface area (Å²) < 4.78 is 1.10. The van der Waals surface area contributed by atoms with Crippen molar-refractivity contribution in [1.82, 2.24) is 0 Å². The smallest absolute Gasteiger partial charge is 0.110 e. The van der Waals surface area contributed by atoms with Crippen LogP contribution in [0.25, 0.3) is 10.1 Å². The number of fused-ring (bicyclic) bond motifs is 1. The maximum Gasteiger partial charge on any atom is 0.110 e. The summed E-state index contributed by atoms with van der Waals surface area (Å²) in [5, 5.41) is 10.8.